The van der Waals surface area contributed by atoms with Gasteiger partial charge in [0.05, 0.1) is 0 Å². The first-order valence-electron chi connectivity index (χ1n) is 4.95. The number of allylic oxidation sites excluding steroid dienone is 2. The van der Waals surface area contributed by atoms with Crippen LogP contribution in [0.4, 0.5) is 0 Å². The summed E-state index contributed by atoms with van der Waals surface area (Å²) in [4.78, 5) is 23.1. The molecule has 2 N–H and O–H groups in total. The van der Waals surface area contributed by atoms with Crippen molar-refractivity contribution in [2.45, 2.75) is 18.4 Å². The van der Waals surface area contributed by atoms with Gasteiger partial charge in [-0.25, -0.2) is 0 Å². The lowest BCUT2D eigenvalue weighted by Crippen LogP contribution is -2.50. The number of nitrogens with one attached hydrogen (secondary N) is 2. The fraction of sp³-hybridized carbons (Fsp3) is 0.273. The van der Waals surface area contributed by atoms with Gasteiger partial charge in [-0.15, -0.1) is 0 Å². The fourth-order valence-electron chi connectivity index (χ4n) is 2.34. The highest BCUT2D eigenvalue weighted by atomic mass is 16.2. The van der Waals surface area contributed by atoms with E-state index < -0.39 is 5.54 Å². The minimum Gasteiger partial charge on any atom is -0.331 e. The number of fused-ring (bicyclic) bond motifs is 1. The summed E-state index contributed by atoms with van der Waals surface area (Å²) in [5.41, 5.74) is 0.937. The molecule has 2 aliphatic heterocycles. The lowest BCUT2D eigenvalue weighted by molar-refractivity contribution is -0.126. The van der Waals surface area contributed by atoms with E-state index in [4.69, 9.17) is 0 Å². The van der Waals surface area contributed by atoms with Gasteiger partial charge in [-0.1, -0.05) is 6.08 Å². The van der Waals surface area contributed by atoms with Gasteiger partial charge in [0.2, 0.25) is 5.91 Å². The Labute approximate surface area is 86.7 Å². The van der Waals surface area contributed by atoms with Gasteiger partial charge in [-0.3, -0.25) is 9.59 Å². The van der Waals surface area contributed by atoms with Crippen LogP contribution in [0.5, 0.6) is 0 Å². The van der Waals surface area contributed by atoms with Crippen LogP contribution in [0.25, 0.3) is 0 Å². The van der Waals surface area contributed by atoms with Gasteiger partial charge in [-0.2, -0.15) is 0 Å². The van der Waals surface area contributed by atoms with E-state index in [0.29, 0.717) is 0 Å². The molecule has 76 valence electrons. The number of carbonyl (C=O) groups excluding carboxylic acids is 2. The summed E-state index contributed by atoms with van der Waals surface area (Å²) in [7, 11) is 0. The van der Waals surface area contributed by atoms with Crippen LogP contribution in [0.2, 0.25) is 0 Å². The fourth-order valence-corrected chi connectivity index (χ4v) is 2.34. The molecule has 0 bridgehead atoms. The zero-order valence-electron chi connectivity index (χ0n) is 8.04. The molecule has 1 spiro atoms. The Balaban J connectivity index is 2.12. The van der Waals surface area contributed by atoms with Crippen LogP contribution in [0.3, 0.4) is 0 Å². The molecule has 0 aromatic rings. The van der Waals surface area contributed by atoms with Gasteiger partial charge in [0, 0.05) is 11.8 Å². The van der Waals surface area contributed by atoms with E-state index in [2.05, 4.69) is 10.6 Å². The molecular formula is C11H10N2O2. The molecule has 0 saturated carbocycles. The summed E-state index contributed by atoms with van der Waals surface area (Å²) >= 11 is 0. The van der Waals surface area contributed by atoms with Gasteiger partial charge in [0.1, 0.15) is 0 Å². The predicted molar refractivity (Wildman–Crippen MR) is 53.6 cm³/mol. The van der Waals surface area contributed by atoms with E-state index in [1.807, 2.05) is 12.2 Å². The third-order valence-electron chi connectivity index (χ3n) is 3.06. The van der Waals surface area contributed by atoms with Gasteiger partial charge in [-0.05, 0) is 30.6 Å². The second-order valence-corrected chi connectivity index (χ2v) is 3.92. The third kappa shape index (κ3) is 0.960. The minimum absolute atomic E-state index is 0.152. The van der Waals surface area contributed by atoms with Crippen molar-refractivity contribution in [3.63, 3.8) is 0 Å². The number of rotatable bonds is 0. The molecule has 0 saturated heterocycles. The van der Waals surface area contributed by atoms with Crippen molar-refractivity contribution < 1.29 is 9.59 Å². The highest BCUT2D eigenvalue weighted by molar-refractivity contribution is 6.07. The molecule has 15 heavy (non-hydrogen) atoms. The molecule has 4 heteroatoms. The van der Waals surface area contributed by atoms with Crippen molar-refractivity contribution >= 4 is 11.8 Å². The van der Waals surface area contributed by atoms with Crippen LogP contribution in [0, 0.1) is 0 Å². The molecule has 0 fully saturated rings. The Morgan fingerprint density at radius 3 is 2.87 bits per heavy atom. The molecule has 1 unspecified atom stereocenters. The predicted octanol–water partition coefficient (Wildman–Crippen LogP) is 0.145. The Bertz CT molecular complexity index is 459. The first-order chi connectivity index (χ1) is 7.22. The molecule has 0 aromatic heterocycles. The zero-order valence-corrected chi connectivity index (χ0v) is 8.04. The Kier molecular flexibility index (Phi) is 1.46. The third-order valence-corrected chi connectivity index (χ3v) is 3.06. The SMILES string of the molecule is O=C1C=CC2(N1)C(=O)NC1=C2CCC=C1. The maximum Gasteiger partial charge on any atom is 0.258 e. The Morgan fingerprint density at radius 2 is 2.13 bits per heavy atom. The molecule has 0 radical (unpaired) electrons. The smallest absolute Gasteiger partial charge is 0.258 e. The molecule has 1 atom stereocenters. The van der Waals surface area contributed by atoms with Crippen LogP contribution >= 0.6 is 0 Å². The molecule has 4 nitrogen and oxygen atoms in total. The number of carbonyl (C=O) groups is 2. The summed E-state index contributed by atoms with van der Waals surface area (Å²) in [5, 5.41) is 5.52. The summed E-state index contributed by atoms with van der Waals surface area (Å²) in [6.07, 6.45) is 8.75. The number of hydrogen-bond acceptors (Lipinski definition) is 2. The summed E-state index contributed by atoms with van der Waals surface area (Å²) in [5.74, 6) is -0.352. The summed E-state index contributed by atoms with van der Waals surface area (Å²) < 4.78 is 0. The number of hydrogen-bond donors (Lipinski definition) is 2. The average Bonchev–Trinajstić information content (AvgIpc) is 2.73. The van der Waals surface area contributed by atoms with Crippen molar-refractivity contribution in [1.82, 2.24) is 10.6 Å². The van der Waals surface area contributed by atoms with Crippen molar-refractivity contribution in [1.29, 1.82) is 0 Å². The van der Waals surface area contributed by atoms with Crippen LogP contribution < -0.4 is 10.6 Å². The minimum atomic E-state index is -0.892. The standard InChI is InChI=1S/C11H10N2O2/c14-9-5-6-11(13-9)7-3-1-2-4-8(7)12-10(11)15/h2,4-6H,1,3H2,(H,12,15)(H,13,14). The largest absolute Gasteiger partial charge is 0.331 e. The van der Waals surface area contributed by atoms with Crippen LogP contribution in [0.1, 0.15) is 12.8 Å². The summed E-state index contributed by atoms with van der Waals surface area (Å²) in [6, 6.07) is 0. The zero-order chi connectivity index (χ0) is 10.5. The van der Waals surface area contributed by atoms with Crippen molar-refractivity contribution in [3.05, 3.63) is 35.6 Å². The molecule has 2 amide bonds. The van der Waals surface area contributed by atoms with Gasteiger partial charge in [0.25, 0.3) is 5.91 Å². The van der Waals surface area contributed by atoms with E-state index in [-0.39, 0.29) is 11.8 Å². The Hall–Kier alpha value is -1.84. The van der Waals surface area contributed by atoms with Crippen molar-refractivity contribution in [2.75, 3.05) is 0 Å². The quantitative estimate of drug-likeness (QED) is 0.587. The lowest BCUT2D eigenvalue weighted by Gasteiger charge is -2.23. The normalized spacial score (nSPS) is 32.3. The van der Waals surface area contributed by atoms with E-state index in [1.165, 1.54) is 6.08 Å². The monoisotopic (exact) mass is 202 g/mol. The molecule has 3 rings (SSSR count). The van der Waals surface area contributed by atoms with Gasteiger partial charge in [0.15, 0.2) is 5.54 Å². The molecule has 0 aromatic carbocycles. The molecule has 3 aliphatic rings. The molecule has 1 aliphatic carbocycles. The molecular weight excluding hydrogens is 192 g/mol. The van der Waals surface area contributed by atoms with E-state index in [9.17, 15) is 9.59 Å². The topological polar surface area (TPSA) is 58.2 Å². The Morgan fingerprint density at radius 1 is 1.27 bits per heavy atom. The van der Waals surface area contributed by atoms with E-state index >= 15 is 0 Å². The van der Waals surface area contributed by atoms with E-state index in [1.54, 1.807) is 6.08 Å². The van der Waals surface area contributed by atoms with Crippen molar-refractivity contribution in [2.24, 2.45) is 0 Å². The van der Waals surface area contributed by atoms with Gasteiger partial charge >= 0.3 is 0 Å². The molecule has 2 heterocycles. The van der Waals surface area contributed by atoms with Crippen molar-refractivity contribution in [3.8, 4) is 0 Å². The second-order valence-electron chi connectivity index (χ2n) is 3.92. The lowest BCUT2D eigenvalue weighted by atomic mass is 9.87. The first kappa shape index (κ1) is 8.47. The maximum atomic E-state index is 11.9. The maximum absolute atomic E-state index is 11.9. The highest BCUT2D eigenvalue weighted by Gasteiger charge is 2.49. The second kappa shape index (κ2) is 2.59. The van der Waals surface area contributed by atoms with Crippen LogP contribution in [-0.2, 0) is 9.59 Å². The first-order valence-corrected chi connectivity index (χ1v) is 4.95. The number of amides is 2. The average molecular weight is 202 g/mol. The van der Waals surface area contributed by atoms with Crippen LogP contribution in [-0.4, -0.2) is 17.4 Å². The van der Waals surface area contributed by atoms with Crippen LogP contribution in [0.15, 0.2) is 35.6 Å². The summed E-state index contributed by atoms with van der Waals surface area (Å²) in [6.45, 7) is 0. The highest BCUT2D eigenvalue weighted by Crippen LogP contribution is 2.36. The van der Waals surface area contributed by atoms with E-state index in [0.717, 1.165) is 24.1 Å². The van der Waals surface area contributed by atoms with Gasteiger partial charge < -0.3 is 10.6 Å².